The molecular formula is C16H24O2. The van der Waals surface area contributed by atoms with Gasteiger partial charge in [-0.25, -0.2) is 4.79 Å². The molecule has 0 aromatic carbocycles. The summed E-state index contributed by atoms with van der Waals surface area (Å²) in [5.41, 5.74) is 3.57. The summed E-state index contributed by atoms with van der Waals surface area (Å²) >= 11 is 0. The molecule has 0 unspecified atom stereocenters. The number of rotatable bonds is 6. The quantitative estimate of drug-likeness (QED) is 0.302. The van der Waals surface area contributed by atoms with E-state index in [1.54, 1.807) is 0 Å². The van der Waals surface area contributed by atoms with E-state index in [2.05, 4.69) is 37.7 Å². The topological polar surface area (TPSA) is 26.3 Å². The lowest BCUT2D eigenvalue weighted by Crippen LogP contribution is -1.94. The predicted molar refractivity (Wildman–Crippen MR) is 77.3 cm³/mol. The molecule has 0 spiro atoms. The van der Waals surface area contributed by atoms with Gasteiger partial charge in [0.2, 0.25) is 0 Å². The highest BCUT2D eigenvalue weighted by molar-refractivity contribution is 5.83. The molecule has 0 aliphatic rings. The molecule has 0 aliphatic heterocycles. The van der Waals surface area contributed by atoms with Crippen LogP contribution in [0.15, 0.2) is 47.1 Å². The number of allylic oxidation sites excluding steroid dienone is 7. The van der Waals surface area contributed by atoms with Crippen LogP contribution in [0.5, 0.6) is 0 Å². The molecular weight excluding hydrogens is 224 g/mol. The summed E-state index contributed by atoms with van der Waals surface area (Å²) < 4.78 is 4.55. The lowest BCUT2D eigenvalue weighted by atomic mass is 10.1. The predicted octanol–water partition coefficient (Wildman–Crippen LogP) is 4.35. The Bertz CT molecular complexity index is 378. The van der Waals surface area contributed by atoms with E-state index in [9.17, 15) is 4.79 Å². The van der Waals surface area contributed by atoms with Gasteiger partial charge in [-0.1, -0.05) is 35.5 Å². The van der Waals surface area contributed by atoms with Crippen LogP contribution in [0.3, 0.4) is 0 Å². The first kappa shape index (κ1) is 16.4. The van der Waals surface area contributed by atoms with Crippen LogP contribution in [-0.4, -0.2) is 13.1 Å². The maximum absolute atomic E-state index is 11.0. The van der Waals surface area contributed by atoms with Crippen LogP contribution >= 0.6 is 0 Å². The minimum atomic E-state index is -0.318. The molecule has 0 rings (SSSR count). The van der Waals surface area contributed by atoms with Gasteiger partial charge in [-0.2, -0.15) is 0 Å². The fourth-order valence-corrected chi connectivity index (χ4v) is 1.33. The Balaban J connectivity index is 4.24. The van der Waals surface area contributed by atoms with Crippen LogP contribution in [0.25, 0.3) is 0 Å². The van der Waals surface area contributed by atoms with Gasteiger partial charge in [-0.3, -0.25) is 0 Å². The highest BCUT2D eigenvalue weighted by atomic mass is 16.5. The van der Waals surface area contributed by atoms with Gasteiger partial charge in [0.15, 0.2) is 0 Å². The van der Waals surface area contributed by atoms with E-state index in [0.29, 0.717) is 0 Å². The summed E-state index contributed by atoms with van der Waals surface area (Å²) in [6.07, 6.45) is 11.8. The standard InChI is InChI=1S/C16H24O2/c1-13(2)8-6-9-14(3)10-7-11-15(4)12-16(17)18-5/h7-8,10-12H,6,9H2,1-5H3/b11-7+,14-10?,15-12-. The Morgan fingerprint density at radius 2 is 1.83 bits per heavy atom. The number of methoxy groups -OCH3 is 1. The Labute approximate surface area is 111 Å². The molecule has 0 amide bonds. The van der Waals surface area contributed by atoms with Crippen molar-refractivity contribution in [1.29, 1.82) is 0 Å². The average molecular weight is 248 g/mol. The van der Waals surface area contributed by atoms with Crippen LogP contribution < -0.4 is 0 Å². The van der Waals surface area contributed by atoms with Crippen molar-refractivity contribution in [2.24, 2.45) is 0 Å². The lowest BCUT2D eigenvalue weighted by Gasteiger charge is -1.97. The number of ether oxygens (including phenoxy) is 1. The molecule has 0 radical (unpaired) electrons. The van der Waals surface area contributed by atoms with Gasteiger partial charge in [-0.05, 0) is 46.1 Å². The zero-order chi connectivity index (χ0) is 14.0. The summed E-state index contributed by atoms with van der Waals surface area (Å²) in [6.45, 7) is 8.21. The number of hydrogen-bond donors (Lipinski definition) is 0. The van der Waals surface area contributed by atoms with Crippen LogP contribution in [0.4, 0.5) is 0 Å². The Kier molecular flexibility index (Phi) is 8.63. The highest BCUT2D eigenvalue weighted by Gasteiger charge is 1.92. The fourth-order valence-electron chi connectivity index (χ4n) is 1.33. The average Bonchev–Trinajstić information content (AvgIpc) is 2.28. The second-order valence-corrected chi connectivity index (χ2v) is 4.60. The third-order valence-electron chi connectivity index (χ3n) is 2.38. The minimum absolute atomic E-state index is 0.318. The van der Waals surface area contributed by atoms with Crippen LogP contribution in [-0.2, 0) is 9.53 Å². The number of esters is 1. The van der Waals surface area contributed by atoms with Gasteiger partial charge in [0.05, 0.1) is 7.11 Å². The Hall–Kier alpha value is -1.57. The van der Waals surface area contributed by atoms with Crippen molar-refractivity contribution in [3.63, 3.8) is 0 Å². The van der Waals surface area contributed by atoms with Gasteiger partial charge >= 0.3 is 5.97 Å². The molecule has 18 heavy (non-hydrogen) atoms. The summed E-state index contributed by atoms with van der Waals surface area (Å²) in [7, 11) is 1.38. The molecule has 0 saturated heterocycles. The van der Waals surface area contributed by atoms with E-state index < -0.39 is 0 Å². The molecule has 0 aliphatic carbocycles. The zero-order valence-electron chi connectivity index (χ0n) is 12.1. The first-order chi connectivity index (χ1) is 8.45. The van der Waals surface area contributed by atoms with E-state index in [1.165, 1.54) is 24.3 Å². The van der Waals surface area contributed by atoms with E-state index in [0.717, 1.165) is 18.4 Å². The Morgan fingerprint density at radius 1 is 1.17 bits per heavy atom. The molecule has 2 nitrogen and oxygen atoms in total. The number of hydrogen-bond acceptors (Lipinski definition) is 2. The number of carbonyl (C=O) groups excluding carboxylic acids is 1. The van der Waals surface area contributed by atoms with Gasteiger partial charge < -0.3 is 4.74 Å². The van der Waals surface area contributed by atoms with Crippen LogP contribution in [0.1, 0.15) is 40.5 Å². The summed E-state index contributed by atoms with van der Waals surface area (Å²) in [4.78, 5) is 11.0. The molecule has 0 aromatic heterocycles. The minimum Gasteiger partial charge on any atom is -0.466 e. The van der Waals surface area contributed by atoms with Crippen molar-refractivity contribution in [2.75, 3.05) is 7.11 Å². The monoisotopic (exact) mass is 248 g/mol. The number of carbonyl (C=O) groups is 1. The molecule has 0 saturated carbocycles. The molecule has 0 bridgehead atoms. The normalized spacial score (nSPS) is 12.7. The van der Waals surface area contributed by atoms with Crippen molar-refractivity contribution in [2.45, 2.75) is 40.5 Å². The first-order valence-corrected chi connectivity index (χ1v) is 6.19. The van der Waals surface area contributed by atoms with Crippen molar-refractivity contribution in [3.05, 3.63) is 47.1 Å². The molecule has 0 aromatic rings. The van der Waals surface area contributed by atoms with Crippen molar-refractivity contribution in [1.82, 2.24) is 0 Å². The molecule has 0 atom stereocenters. The molecule has 0 heterocycles. The lowest BCUT2D eigenvalue weighted by molar-refractivity contribution is -0.134. The van der Waals surface area contributed by atoms with Crippen molar-refractivity contribution >= 4 is 5.97 Å². The first-order valence-electron chi connectivity index (χ1n) is 6.19. The van der Waals surface area contributed by atoms with Crippen LogP contribution in [0, 0.1) is 0 Å². The van der Waals surface area contributed by atoms with Crippen molar-refractivity contribution < 1.29 is 9.53 Å². The molecule has 100 valence electrons. The molecule has 0 N–H and O–H groups in total. The highest BCUT2D eigenvalue weighted by Crippen LogP contribution is 2.07. The maximum atomic E-state index is 11.0. The van der Waals surface area contributed by atoms with Crippen molar-refractivity contribution in [3.8, 4) is 0 Å². The fraction of sp³-hybridized carbons (Fsp3) is 0.438. The van der Waals surface area contributed by atoms with Gasteiger partial charge in [0, 0.05) is 6.08 Å². The van der Waals surface area contributed by atoms with E-state index in [1.807, 2.05) is 19.1 Å². The Morgan fingerprint density at radius 3 is 2.39 bits per heavy atom. The summed E-state index contributed by atoms with van der Waals surface area (Å²) in [6, 6.07) is 0. The SMILES string of the molecule is COC(=O)/C=C(C)\C=C\C=C(C)CCC=C(C)C. The maximum Gasteiger partial charge on any atom is 0.330 e. The van der Waals surface area contributed by atoms with Gasteiger partial charge in [0.25, 0.3) is 0 Å². The molecule has 2 heteroatoms. The smallest absolute Gasteiger partial charge is 0.330 e. The summed E-state index contributed by atoms with van der Waals surface area (Å²) in [5, 5.41) is 0. The summed E-state index contributed by atoms with van der Waals surface area (Å²) in [5.74, 6) is -0.318. The van der Waals surface area contributed by atoms with E-state index >= 15 is 0 Å². The second-order valence-electron chi connectivity index (χ2n) is 4.60. The van der Waals surface area contributed by atoms with Gasteiger partial charge in [-0.15, -0.1) is 0 Å². The van der Waals surface area contributed by atoms with E-state index in [-0.39, 0.29) is 5.97 Å². The third-order valence-corrected chi connectivity index (χ3v) is 2.38. The van der Waals surface area contributed by atoms with Crippen LogP contribution in [0.2, 0.25) is 0 Å². The largest absolute Gasteiger partial charge is 0.466 e. The van der Waals surface area contributed by atoms with E-state index in [4.69, 9.17) is 0 Å². The third kappa shape index (κ3) is 9.64. The zero-order valence-corrected chi connectivity index (χ0v) is 12.1. The molecule has 0 fully saturated rings. The second kappa shape index (κ2) is 9.46. The van der Waals surface area contributed by atoms with Gasteiger partial charge in [0.1, 0.15) is 0 Å².